The van der Waals surface area contributed by atoms with Crippen molar-refractivity contribution in [2.75, 3.05) is 33.4 Å². The molecular weight excluding hydrogens is 330 g/mol. The van der Waals surface area contributed by atoms with Crippen LogP contribution in [0, 0.1) is 5.41 Å². The number of amides is 2. The Bertz CT molecular complexity index is 414. The molecule has 1 saturated carbocycles. The summed E-state index contributed by atoms with van der Waals surface area (Å²) in [5.41, 5.74) is -0.715. The summed E-state index contributed by atoms with van der Waals surface area (Å²) in [7, 11) is 1.71. The van der Waals surface area contributed by atoms with E-state index < -0.39 is 5.54 Å². The van der Waals surface area contributed by atoms with Crippen molar-refractivity contribution in [2.45, 2.75) is 57.4 Å². The van der Waals surface area contributed by atoms with Crippen LogP contribution in [0.3, 0.4) is 0 Å². The van der Waals surface area contributed by atoms with E-state index in [-0.39, 0.29) is 29.6 Å². The van der Waals surface area contributed by atoms with E-state index in [0.717, 1.165) is 58.0 Å². The Morgan fingerprint density at radius 1 is 1.08 bits per heavy atom. The highest BCUT2D eigenvalue weighted by Gasteiger charge is 2.41. The van der Waals surface area contributed by atoms with Gasteiger partial charge < -0.3 is 20.7 Å². The third-order valence-electron chi connectivity index (χ3n) is 5.30. The molecule has 1 heterocycles. The average Bonchev–Trinajstić information content (AvgIpc) is 2.54. The summed E-state index contributed by atoms with van der Waals surface area (Å²) in [4.78, 5) is 24.4. The lowest BCUT2D eigenvalue weighted by Gasteiger charge is -2.40. The number of carbonyl (C=O) groups is 2. The molecule has 0 radical (unpaired) electrons. The van der Waals surface area contributed by atoms with Gasteiger partial charge in [-0.1, -0.05) is 19.3 Å². The molecule has 0 spiro atoms. The van der Waals surface area contributed by atoms with Crippen molar-refractivity contribution in [1.82, 2.24) is 16.0 Å². The molecule has 0 aromatic rings. The Hall–Kier alpha value is -0.850. The first-order chi connectivity index (χ1) is 11.0. The quantitative estimate of drug-likeness (QED) is 0.667. The number of rotatable bonds is 6. The maximum absolute atomic E-state index is 12.9. The summed E-state index contributed by atoms with van der Waals surface area (Å²) in [5.74, 6) is -0.156. The first-order valence-corrected chi connectivity index (χ1v) is 8.79. The lowest BCUT2D eigenvalue weighted by molar-refractivity contribution is -0.135. The molecular formula is C17H32ClN3O3. The van der Waals surface area contributed by atoms with Crippen LogP contribution in [-0.2, 0) is 14.3 Å². The minimum Gasteiger partial charge on any atom is -0.384 e. The number of hydrogen-bond donors (Lipinski definition) is 3. The minimum absolute atomic E-state index is 0. The fourth-order valence-corrected chi connectivity index (χ4v) is 3.97. The fourth-order valence-electron chi connectivity index (χ4n) is 3.97. The molecule has 0 unspecified atom stereocenters. The molecule has 2 amide bonds. The molecule has 0 bridgehead atoms. The predicted molar refractivity (Wildman–Crippen MR) is 96.3 cm³/mol. The monoisotopic (exact) mass is 361 g/mol. The molecule has 2 fully saturated rings. The molecule has 140 valence electrons. The Balaban J connectivity index is 0.00000288. The summed E-state index contributed by atoms with van der Waals surface area (Å²) in [5, 5.41) is 9.42. The van der Waals surface area contributed by atoms with Gasteiger partial charge in [0, 0.05) is 26.0 Å². The van der Waals surface area contributed by atoms with Crippen LogP contribution in [0.25, 0.3) is 0 Å². The van der Waals surface area contributed by atoms with Crippen LogP contribution in [0.1, 0.15) is 51.9 Å². The lowest BCUT2D eigenvalue weighted by Crippen LogP contribution is -2.61. The lowest BCUT2D eigenvalue weighted by atomic mass is 9.78. The Morgan fingerprint density at radius 3 is 2.25 bits per heavy atom. The zero-order valence-corrected chi connectivity index (χ0v) is 15.7. The maximum atomic E-state index is 12.9. The summed E-state index contributed by atoms with van der Waals surface area (Å²) in [6, 6.07) is 0. The number of hydrogen-bond acceptors (Lipinski definition) is 4. The zero-order valence-electron chi connectivity index (χ0n) is 14.9. The smallest absolute Gasteiger partial charge is 0.245 e. The average molecular weight is 362 g/mol. The van der Waals surface area contributed by atoms with Gasteiger partial charge in [0.15, 0.2) is 0 Å². The molecule has 24 heavy (non-hydrogen) atoms. The summed E-state index contributed by atoms with van der Waals surface area (Å²) >= 11 is 0. The Morgan fingerprint density at radius 2 is 1.71 bits per heavy atom. The van der Waals surface area contributed by atoms with Crippen molar-refractivity contribution in [3.8, 4) is 0 Å². The van der Waals surface area contributed by atoms with Crippen molar-refractivity contribution < 1.29 is 14.3 Å². The molecule has 2 rings (SSSR count). The summed E-state index contributed by atoms with van der Waals surface area (Å²) in [6.07, 6.45) is 6.56. The number of carbonyl (C=O) groups excluding carboxylic acids is 2. The van der Waals surface area contributed by atoms with Crippen LogP contribution in [0.15, 0.2) is 0 Å². The molecule has 0 aromatic heterocycles. The van der Waals surface area contributed by atoms with E-state index in [9.17, 15) is 9.59 Å². The van der Waals surface area contributed by atoms with Crippen molar-refractivity contribution in [2.24, 2.45) is 5.41 Å². The first kappa shape index (κ1) is 21.2. The van der Waals surface area contributed by atoms with Crippen LogP contribution >= 0.6 is 12.4 Å². The van der Waals surface area contributed by atoms with E-state index in [4.69, 9.17) is 4.74 Å². The molecule has 1 aliphatic carbocycles. The van der Waals surface area contributed by atoms with Gasteiger partial charge in [-0.05, 0) is 38.8 Å². The van der Waals surface area contributed by atoms with Gasteiger partial charge in [0.05, 0.1) is 6.61 Å². The van der Waals surface area contributed by atoms with E-state index in [0.29, 0.717) is 13.2 Å². The van der Waals surface area contributed by atoms with Crippen LogP contribution in [-0.4, -0.2) is 50.7 Å². The highest BCUT2D eigenvalue weighted by molar-refractivity contribution is 5.91. The van der Waals surface area contributed by atoms with Crippen LogP contribution in [0.5, 0.6) is 0 Å². The van der Waals surface area contributed by atoms with Crippen molar-refractivity contribution in [3.63, 3.8) is 0 Å². The van der Waals surface area contributed by atoms with Crippen molar-refractivity contribution in [3.05, 3.63) is 0 Å². The van der Waals surface area contributed by atoms with Crippen LogP contribution in [0.4, 0.5) is 0 Å². The van der Waals surface area contributed by atoms with Crippen LogP contribution in [0.2, 0.25) is 0 Å². The van der Waals surface area contributed by atoms with Gasteiger partial charge >= 0.3 is 0 Å². The third-order valence-corrected chi connectivity index (χ3v) is 5.30. The second-order valence-electron chi connectivity index (χ2n) is 7.19. The number of nitrogens with one attached hydrogen (secondary N) is 3. The molecule has 0 aromatic carbocycles. The van der Waals surface area contributed by atoms with Gasteiger partial charge in [0.25, 0.3) is 0 Å². The largest absolute Gasteiger partial charge is 0.384 e. The van der Waals surface area contributed by atoms with Crippen molar-refractivity contribution in [1.29, 1.82) is 0 Å². The van der Waals surface area contributed by atoms with E-state index in [1.54, 1.807) is 7.11 Å². The molecule has 6 nitrogen and oxygen atoms in total. The van der Waals surface area contributed by atoms with E-state index in [1.165, 1.54) is 6.92 Å². The van der Waals surface area contributed by atoms with E-state index >= 15 is 0 Å². The SMILES string of the molecule is COCC1(CNC(=O)C2(NC(C)=O)CCCCC2)CCNCC1.Cl. The number of methoxy groups -OCH3 is 1. The second-order valence-corrected chi connectivity index (χ2v) is 7.19. The predicted octanol–water partition coefficient (Wildman–Crippen LogP) is 1.38. The number of piperidine rings is 1. The first-order valence-electron chi connectivity index (χ1n) is 8.79. The van der Waals surface area contributed by atoms with Gasteiger partial charge in [-0.15, -0.1) is 12.4 Å². The topological polar surface area (TPSA) is 79.5 Å². The Labute approximate surface area is 151 Å². The standard InChI is InChI=1S/C17H31N3O3.ClH/c1-14(21)20-17(6-4-3-5-7-17)15(22)19-12-16(13-23-2)8-10-18-11-9-16;/h18H,3-13H2,1-2H3,(H,19,22)(H,20,21);1H. The molecule has 1 aliphatic heterocycles. The van der Waals surface area contributed by atoms with Gasteiger partial charge in [0.2, 0.25) is 11.8 Å². The molecule has 7 heteroatoms. The highest BCUT2D eigenvalue weighted by atomic mass is 35.5. The van der Waals surface area contributed by atoms with E-state index in [2.05, 4.69) is 16.0 Å². The van der Waals surface area contributed by atoms with Crippen LogP contribution < -0.4 is 16.0 Å². The van der Waals surface area contributed by atoms with E-state index in [1.807, 2.05) is 0 Å². The Kier molecular flexibility index (Phi) is 8.46. The molecule has 2 aliphatic rings. The number of ether oxygens (including phenoxy) is 1. The van der Waals surface area contributed by atoms with Crippen molar-refractivity contribution >= 4 is 24.2 Å². The molecule has 1 saturated heterocycles. The highest BCUT2D eigenvalue weighted by Crippen LogP contribution is 2.31. The summed E-state index contributed by atoms with van der Waals surface area (Å²) < 4.78 is 5.40. The third kappa shape index (κ3) is 5.33. The zero-order chi connectivity index (χ0) is 16.8. The van der Waals surface area contributed by atoms with Gasteiger partial charge in [-0.25, -0.2) is 0 Å². The van der Waals surface area contributed by atoms with Gasteiger partial charge in [0.1, 0.15) is 5.54 Å². The normalized spacial score (nSPS) is 22.1. The fraction of sp³-hybridized carbons (Fsp3) is 0.882. The number of halogens is 1. The second kappa shape index (κ2) is 9.59. The molecule has 0 atom stereocenters. The van der Waals surface area contributed by atoms with Gasteiger partial charge in [-0.3, -0.25) is 9.59 Å². The maximum Gasteiger partial charge on any atom is 0.245 e. The minimum atomic E-state index is -0.717. The summed E-state index contributed by atoms with van der Waals surface area (Å²) in [6.45, 7) is 4.67. The van der Waals surface area contributed by atoms with Gasteiger partial charge in [-0.2, -0.15) is 0 Å². The molecule has 3 N–H and O–H groups in total.